The Hall–Kier alpha value is -1.00. The first-order valence-corrected chi connectivity index (χ1v) is 6.04. The van der Waals surface area contributed by atoms with E-state index in [-0.39, 0.29) is 17.2 Å². The average Bonchev–Trinajstić information content (AvgIpc) is 2.64. The first kappa shape index (κ1) is 14.1. The fraction of sp³-hybridized carbons (Fsp3) is 0.583. The van der Waals surface area contributed by atoms with Crippen LogP contribution in [-0.4, -0.2) is 48.9 Å². The van der Waals surface area contributed by atoms with Crippen molar-refractivity contribution in [2.75, 3.05) is 27.2 Å². The number of hydrogen-bond donors (Lipinski definition) is 0. The topological polar surface area (TPSA) is 36.7 Å². The third kappa shape index (κ3) is 3.75. The van der Waals surface area contributed by atoms with Gasteiger partial charge in [-0.25, -0.2) is 0 Å². The van der Waals surface area contributed by atoms with Crippen molar-refractivity contribution in [3.8, 4) is 0 Å². The Balaban J connectivity index is 2.76. The average molecular weight is 259 g/mol. The first-order chi connectivity index (χ1) is 7.95. The third-order valence-electron chi connectivity index (χ3n) is 2.55. The van der Waals surface area contributed by atoms with E-state index >= 15 is 0 Å². The van der Waals surface area contributed by atoms with E-state index in [0.29, 0.717) is 12.3 Å². The Bertz CT molecular complexity index is 376. The number of furan rings is 1. The van der Waals surface area contributed by atoms with Gasteiger partial charge in [0.1, 0.15) is 0 Å². The summed E-state index contributed by atoms with van der Waals surface area (Å²) in [5, 5.41) is 0.240. The smallest absolute Gasteiger partial charge is 0.289 e. The van der Waals surface area contributed by atoms with Crippen molar-refractivity contribution in [3.05, 3.63) is 23.1 Å². The lowest BCUT2D eigenvalue weighted by Crippen LogP contribution is -2.43. The molecule has 0 saturated carbocycles. The van der Waals surface area contributed by atoms with Crippen LogP contribution in [0.2, 0.25) is 5.22 Å². The molecule has 1 unspecified atom stereocenters. The van der Waals surface area contributed by atoms with E-state index in [1.165, 1.54) is 0 Å². The van der Waals surface area contributed by atoms with Crippen LogP contribution in [0, 0.1) is 0 Å². The molecule has 0 aromatic carbocycles. The Kier molecular flexibility index (Phi) is 5.02. The zero-order chi connectivity index (χ0) is 13.0. The summed E-state index contributed by atoms with van der Waals surface area (Å²) < 4.78 is 5.14. The minimum atomic E-state index is -0.117. The number of carbonyl (C=O) groups is 1. The number of likely N-dealkylation sites (N-methyl/N-ethyl adjacent to an activating group) is 2. The fourth-order valence-electron chi connectivity index (χ4n) is 1.85. The van der Waals surface area contributed by atoms with Gasteiger partial charge in [0.25, 0.3) is 5.91 Å². The van der Waals surface area contributed by atoms with Gasteiger partial charge in [0, 0.05) is 19.1 Å². The highest BCUT2D eigenvalue weighted by atomic mass is 35.5. The molecule has 0 aliphatic heterocycles. The van der Waals surface area contributed by atoms with Crippen molar-refractivity contribution in [1.29, 1.82) is 0 Å². The van der Waals surface area contributed by atoms with Crippen LogP contribution in [0.25, 0.3) is 0 Å². The van der Waals surface area contributed by atoms with Gasteiger partial charge in [-0.15, -0.1) is 0 Å². The number of rotatable bonds is 5. The Morgan fingerprint density at radius 2 is 2.12 bits per heavy atom. The zero-order valence-electron chi connectivity index (χ0n) is 10.7. The van der Waals surface area contributed by atoms with Crippen LogP contribution in [0.1, 0.15) is 24.4 Å². The molecule has 1 amide bonds. The van der Waals surface area contributed by atoms with Gasteiger partial charge in [0.15, 0.2) is 11.0 Å². The maximum Gasteiger partial charge on any atom is 0.289 e. The predicted octanol–water partition coefficient (Wildman–Crippen LogP) is 2.35. The molecule has 0 aliphatic carbocycles. The summed E-state index contributed by atoms with van der Waals surface area (Å²) in [6, 6.07) is 3.32. The number of amides is 1. The molecule has 1 aromatic heterocycles. The van der Waals surface area contributed by atoms with Gasteiger partial charge in [0.05, 0.1) is 0 Å². The van der Waals surface area contributed by atoms with Crippen molar-refractivity contribution in [1.82, 2.24) is 9.80 Å². The maximum absolute atomic E-state index is 12.2. The molecular formula is C12H19ClN2O2. The van der Waals surface area contributed by atoms with Crippen molar-refractivity contribution in [2.24, 2.45) is 0 Å². The van der Waals surface area contributed by atoms with Crippen molar-refractivity contribution in [3.63, 3.8) is 0 Å². The zero-order valence-corrected chi connectivity index (χ0v) is 11.5. The number of halogens is 1. The molecule has 96 valence electrons. The first-order valence-electron chi connectivity index (χ1n) is 5.66. The van der Waals surface area contributed by atoms with Crippen LogP contribution in [0.3, 0.4) is 0 Å². The summed E-state index contributed by atoms with van der Waals surface area (Å²) in [5.41, 5.74) is 0. The Labute approximate surface area is 107 Å². The number of nitrogens with zero attached hydrogens (tertiary/aromatic N) is 2. The largest absolute Gasteiger partial charge is 0.440 e. The summed E-state index contributed by atoms with van der Waals surface area (Å²) >= 11 is 5.67. The molecule has 17 heavy (non-hydrogen) atoms. The minimum Gasteiger partial charge on any atom is -0.440 e. The molecule has 5 heteroatoms. The monoisotopic (exact) mass is 258 g/mol. The molecule has 1 heterocycles. The van der Waals surface area contributed by atoms with E-state index in [9.17, 15) is 4.79 Å². The Morgan fingerprint density at radius 3 is 2.53 bits per heavy atom. The van der Waals surface area contributed by atoms with Gasteiger partial charge in [-0.1, -0.05) is 0 Å². The van der Waals surface area contributed by atoms with Gasteiger partial charge in [-0.05, 0) is 51.7 Å². The van der Waals surface area contributed by atoms with Gasteiger partial charge < -0.3 is 14.2 Å². The third-order valence-corrected chi connectivity index (χ3v) is 2.75. The van der Waals surface area contributed by atoms with Crippen molar-refractivity contribution in [2.45, 2.75) is 19.9 Å². The van der Waals surface area contributed by atoms with Crippen molar-refractivity contribution >= 4 is 17.5 Å². The molecular weight excluding hydrogens is 240 g/mol. The van der Waals surface area contributed by atoms with Crippen LogP contribution in [-0.2, 0) is 0 Å². The van der Waals surface area contributed by atoms with Gasteiger partial charge >= 0.3 is 0 Å². The summed E-state index contributed by atoms with van der Waals surface area (Å²) in [4.78, 5) is 16.0. The molecule has 0 saturated heterocycles. The number of hydrogen-bond acceptors (Lipinski definition) is 3. The Morgan fingerprint density at radius 1 is 1.47 bits per heavy atom. The maximum atomic E-state index is 12.2. The number of carbonyl (C=O) groups excluding carboxylic acids is 1. The second-order valence-electron chi connectivity index (χ2n) is 4.31. The van der Waals surface area contributed by atoms with E-state index < -0.39 is 0 Å². The summed E-state index contributed by atoms with van der Waals surface area (Å²) in [5.74, 6) is 0.177. The van der Waals surface area contributed by atoms with Crippen molar-refractivity contribution < 1.29 is 9.21 Å². The minimum absolute atomic E-state index is 0.117. The highest BCUT2D eigenvalue weighted by Crippen LogP contribution is 2.16. The van der Waals surface area contributed by atoms with Crippen LogP contribution in [0.4, 0.5) is 0 Å². The quantitative estimate of drug-likeness (QED) is 0.814. The second kappa shape index (κ2) is 6.07. The SMILES string of the molecule is CCN(C(=O)c1ccc(Cl)o1)C(C)CN(C)C. The molecule has 1 atom stereocenters. The molecule has 0 bridgehead atoms. The molecule has 4 nitrogen and oxygen atoms in total. The molecule has 0 N–H and O–H groups in total. The molecule has 0 radical (unpaired) electrons. The van der Waals surface area contributed by atoms with Gasteiger partial charge in [-0.2, -0.15) is 0 Å². The lowest BCUT2D eigenvalue weighted by atomic mass is 10.2. The second-order valence-corrected chi connectivity index (χ2v) is 4.68. The van der Waals surface area contributed by atoms with Crippen LogP contribution >= 0.6 is 11.6 Å². The fourth-order valence-corrected chi connectivity index (χ4v) is 2.00. The van der Waals surface area contributed by atoms with Gasteiger partial charge in [0.2, 0.25) is 0 Å². The lowest BCUT2D eigenvalue weighted by Gasteiger charge is -2.29. The lowest BCUT2D eigenvalue weighted by molar-refractivity contribution is 0.0647. The van der Waals surface area contributed by atoms with E-state index in [2.05, 4.69) is 4.90 Å². The van der Waals surface area contributed by atoms with E-state index in [1.807, 2.05) is 27.9 Å². The van der Waals surface area contributed by atoms with E-state index in [1.54, 1.807) is 17.0 Å². The van der Waals surface area contributed by atoms with E-state index in [4.69, 9.17) is 16.0 Å². The highest BCUT2D eigenvalue weighted by molar-refractivity contribution is 6.29. The van der Waals surface area contributed by atoms with Crippen LogP contribution < -0.4 is 0 Å². The molecule has 0 spiro atoms. The summed E-state index contributed by atoms with van der Waals surface area (Å²) in [7, 11) is 3.97. The predicted molar refractivity (Wildman–Crippen MR) is 68.4 cm³/mol. The van der Waals surface area contributed by atoms with Gasteiger partial charge in [-0.3, -0.25) is 4.79 Å². The molecule has 0 fully saturated rings. The van der Waals surface area contributed by atoms with Crippen LogP contribution in [0.15, 0.2) is 16.5 Å². The molecule has 0 aliphatic rings. The van der Waals surface area contributed by atoms with E-state index in [0.717, 1.165) is 6.54 Å². The molecule has 1 aromatic rings. The summed E-state index contributed by atoms with van der Waals surface area (Å²) in [6.07, 6.45) is 0. The summed E-state index contributed by atoms with van der Waals surface area (Å²) in [6.45, 7) is 5.43. The van der Waals surface area contributed by atoms with Crippen LogP contribution in [0.5, 0.6) is 0 Å². The standard InChI is InChI=1S/C12H19ClN2O2/c1-5-15(9(2)8-14(3)4)12(16)10-6-7-11(13)17-10/h6-7,9H,5,8H2,1-4H3. The highest BCUT2D eigenvalue weighted by Gasteiger charge is 2.22. The normalized spacial score (nSPS) is 12.8. The molecule has 1 rings (SSSR count).